The van der Waals surface area contributed by atoms with E-state index in [9.17, 15) is 14.4 Å². The van der Waals surface area contributed by atoms with Crippen LogP contribution in [-0.4, -0.2) is 33.6 Å². The number of rotatable bonds is 6. The highest BCUT2D eigenvalue weighted by Crippen LogP contribution is 2.24. The number of nitrogens with two attached hydrogens (primary N) is 1. The fraction of sp³-hybridized carbons (Fsp3) is 0.160. The summed E-state index contributed by atoms with van der Waals surface area (Å²) in [6.07, 6.45) is 2.69. The van der Waals surface area contributed by atoms with Gasteiger partial charge in [-0.3, -0.25) is 19.9 Å². The Labute approximate surface area is 200 Å². The zero-order valence-corrected chi connectivity index (χ0v) is 19.2. The zero-order valence-electron chi connectivity index (χ0n) is 19.2. The fourth-order valence-electron chi connectivity index (χ4n) is 3.67. The summed E-state index contributed by atoms with van der Waals surface area (Å²) in [7, 11) is 1.45. The van der Waals surface area contributed by atoms with Crippen molar-refractivity contribution in [1.29, 1.82) is 0 Å². The van der Waals surface area contributed by atoms with Gasteiger partial charge in [-0.1, -0.05) is 18.2 Å². The number of fused-ring (bicyclic) bond motifs is 1. The van der Waals surface area contributed by atoms with E-state index in [0.29, 0.717) is 29.0 Å². The van der Waals surface area contributed by atoms with E-state index in [0.717, 1.165) is 11.1 Å². The van der Waals surface area contributed by atoms with Gasteiger partial charge < -0.3 is 20.4 Å². The molecule has 0 saturated carbocycles. The molecule has 4 aromatic rings. The second kappa shape index (κ2) is 10.0. The Morgan fingerprint density at radius 1 is 1.11 bits per heavy atom. The Morgan fingerprint density at radius 2 is 1.89 bits per heavy atom. The Kier molecular flexibility index (Phi) is 6.72. The minimum absolute atomic E-state index is 0.0679. The number of aryl methyl sites for hydroxylation is 1. The van der Waals surface area contributed by atoms with Crippen molar-refractivity contribution in [3.05, 3.63) is 82.3 Å². The Bertz CT molecular complexity index is 1450. The Hall–Kier alpha value is -4.73. The summed E-state index contributed by atoms with van der Waals surface area (Å²) < 4.78 is 6.84. The number of carbonyl (C=O) groups is 2. The van der Waals surface area contributed by atoms with Crippen molar-refractivity contribution < 1.29 is 14.3 Å². The monoisotopic (exact) mass is 472 g/mol. The molecule has 3 aromatic heterocycles. The second-order valence-electron chi connectivity index (χ2n) is 7.62. The maximum Gasteiger partial charge on any atom is 0.411 e. The molecule has 4 rings (SSSR count). The van der Waals surface area contributed by atoms with Crippen LogP contribution >= 0.6 is 0 Å². The van der Waals surface area contributed by atoms with Crippen molar-refractivity contribution in [2.24, 2.45) is 0 Å². The molecular formula is C25H24N6O4. The normalized spacial score (nSPS) is 10.7. The number of amides is 2. The van der Waals surface area contributed by atoms with Gasteiger partial charge in [0.05, 0.1) is 11.1 Å². The predicted molar refractivity (Wildman–Crippen MR) is 133 cm³/mol. The van der Waals surface area contributed by atoms with Crippen molar-refractivity contribution >= 4 is 34.5 Å². The van der Waals surface area contributed by atoms with E-state index < -0.39 is 17.4 Å². The van der Waals surface area contributed by atoms with E-state index in [1.807, 2.05) is 13.0 Å². The van der Waals surface area contributed by atoms with Crippen LogP contribution in [0, 0.1) is 0 Å². The molecule has 0 fully saturated rings. The fourth-order valence-corrected chi connectivity index (χ4v) is 3.67. The number of nitrogens with one attached hydrogen (secondary N) is 2. The van der Waals surface area contributed by atoms with Gasteiger partial charge in [0.15, 0.2) is 0 Å². The number of carbonyl (C=O) groups excluding carboxylic acids is 2. The average molecular weight is 473 g/mol. The summed E-state index contributed by atoms with van der Waals surface area (Å²) in [4.78, 5) is 45.8. The number of benzene rings is 1. The maximum absolute atomic E-state index is 12.9. The molecule has 3 heterocycles. The number of aromatic nitrogens is 3. The largest absolute Gasteiger partial charge is 0.444 e. The predicted octanol–water partition coefficient (Wildman–Crippen LogP) is 3.17. The van der Waals surface area contributed by atoms with Crippen LogP contribution in [0.25, 0.3) is 22.3 Å². The zero-order chi connectivity index (χ0) is 24.9. The molecule has 0 unspecified atom stereocenters. The molecule has 178 valence electrons. The molecular weight excluding hydrogens is 448 g/mol. The number of nitrogens with zero attached hydrogens (tertiary/aromatic N) is 3. The van der Waals surface area contributed by atoms with Crippen molar-refractivity contribution in [1.82, 2.24) is 19.9 Å². The highest BCUT2D eigenvalue weighted by atomic mass is 16.5. The number of ether oxygens (including phenoxy) is 1. The lowest BCUT2D eigenvalue weighted by atomic mass is 10.1. The summed E-state index contributed by atoms with van der Waals surface area (Å²) >= 11 is 0. The molecule has 35 heavy (non-hydrogen) atoms. The molecule has 10 nitrogen and oxygen atoms in total. The number of hydrogen-bond acceptors (Lipinski definition) is 7. The summed E-state index contributed by atoms with van der Waals surface area (Å²) in [6.45, 7) is 2.39. The van der Waals surface area contributed by atoms with E-state index in [1.54, 1.807) is 59.4 Å². The van der Waals surface area contributed by atoms with E-state index in [1.165, 1.54) is 7.05 Å². The molecule has 1 aromatic carbocycles. The minimum atomic E-state index is -0.584. The molecule has 10 heteroatoms. The molecule has 4 N–H and O–H groups in total. The van der Waals surface area contributed by atoms with E-state index >= 15 is 0 Å². The third-order valence-electron chi connectivity index (χ3n) is 5.44. The summed E-state index contributed by atoms with van der Waals surface area (Å²) in [5, 5.41) is 5.43. The molecule has 0 aliphatic carbocycles. The van der Waals surface area contributed by atoms with E-state index in [2.05, 4.69) is 20.6 Å². The van der Waals surface area contributed by atoms with Crippen LogP contribution in [0.1, 0.15) is 22.8 Å². The first-order chi connectivity index (χ1) is 16.9. The number of nitrogen functional groups attached to an aromatic ring is 1. The van der Waals surface area contributed by atoms with E-state index in [4.69, 9.17) is 10.5 Å². The first kappa shape index (κ1) is 23.4. The lowest BCUT2D eigenvalue weighted by molar-refractivity contribution is 0.0962. The van der Waals surface area contributed by atoms with Crippen LogP contribution in [0.2, 0.25) is 0 Å². The molecule has 0 aliphatic heterocycles. The van der Waals surface area contributed by atoms with Gasteiger partial charge >= 0.3 is 6.09 Å². The van der Waals surface area contributed by atoms with Gasteiger partial charge in [0, 0.05) is 42.8 Å². The first-order valence-corrected chi connectivity index (χ1v) is 10.9. The third kappa shape index (κ3) is 4.81. The number of hydrogen-bond donors (Lipinski definition) is 3. The van der Waals surface area contributed by atoms with E-state index in [-0.39, 0.29) is 18.0 Å². The molecule has 0 atom stereocenters. The van der Waals surface area contributed by atoms with Gasteiger partial charge in [-0.05, 0) is 37.3 Å². The van der Waals surface area contributed by atoms with Crippen LogP contribution in [0.3, 0.4) is 0 Å². The standard InChI is InChI=1S/C25H24N6O4/c1-3-31-22(26)20(24(33)27-2)21(32)18-10-11-19(30-23(18)31)16-6-8-17(9-7-16)29-25(34)35-14-15-5-4-12-28-13-15/h4-13H,3,14,26H2,1-2H3,(H,27,33)(H,29,34). The van der Waals surface area contributed by atoms with Gasteiger partial charge in [-0.25, -0.2) is 9.78 Å². The Morgan fingerprint density at radius 3 is 2.54 bits per heavy atom. The molecule has 0 aliphatic rings. The number of anilines is 2. The van der Waals surface area contributed by atoms with Gasteiger partial charge in [0.1, 0.15) is 23.6 Å². The molecule has 2 amide bonds. The van der Waals surface area contributed by atoms with Crippen molar-refractivity contribution in [2.75, 3.05) is 18.1 Å². The molecule has 0 saturated heterocycles. The molecule has 0 radical (unpaired) electrons. The number of pyridine rings is 3. The van der Waals surface area contributed by atoms with Crippen LogP contribution in [0.15, 0.2) is 65.7 Å². The van der Waals surface area contributed by atoms with Gasteiger partial charge in [0.25, 0.3) is 5.91 Å². The highest BCUT2D eigenvalue weighted by molar-refractivity contribution is 6.01. The second-order valence-corrected chi connectivity index (χ2v) is 7.62. The quantitative estimate of drug-likeness (QED) is 0.391. The molecule has 0 spiro atoms. The van der Waals surface area contributed by atoms with Crippen LogP contribution in [0.4, 0.5) is 16.3 Å². The minimum Gasteiger partial charge on any atom is -0.444 e. The smallest absolute Gasteiger partial charge is 0.411 e. The van der Waals surface area contributed by atoms with Crippen LogP contribution in [-0.2, 0) is 17.9 Å². The lowest BCUT2D eigenvalue weighted by Crippen LogP contribution is -2.30. The van der Waals surface area contributed by atoms with Crippen LogP contribution in [0.5, 0.6) is 0 Å². The SMILES string of the molecule is CCn1c(N)c(C(=O)NC)c(=O)c2ccc(-c3ccc(NC(=O)OCc4cccnc4)cc3)nc21. The first-order valence-electron chi connectivity index (χ1n) is 10.9. The Balaban J connectivity index is 1.57. The lowest BCUT2D eigenvalue weighted by Gasteiger charge is -2.15. The van der Waals surface area contributed by atoms with Gasteiger partial charge in [0.2, 0.25) is 5.43 Å². The van der Waals surface area contributed by atoms with Crippen molar-refractivity contribution in [3.8, 4) is 11.3 Å². The van der Waals surface area contributed by atoms with Crippen LogP contribution < -0.4 is 21.8 Å². The summed E-state index contributed by atoms with van der Waals surface area (Å²) in [5.74, 6) is -0.471. The summed E-state index contributed by atoms with van der Waals surface area (Å²) in [5.41, 5.74) is 8.70. The maximum atomic E-state index is 12.9. The van der Waals surface area contributed by atoms with Gasteiger partial charge in [-0.15, -0.1) is 0 Å². The average Bonchev–Trinajstić information content (AvgIpc) is 2.88. The van der Waals surface area contributed by atoms with Crippen molar-refractivity contribution in [3.63, 3.8) is 0 Å². The highest BCUT2D eigenvalue weighted by Gasteiger charge is 2.20. The third-order valence-corrected chi connectivity index (χ3v) is 5.44. The van der Waals surface area contributed by atoms with Crippen molar-refractivity contribution in [2.45, 2.75) is 20.1 Å². The molecule has 0 bridgehead atoms. The van der Waals surface area contributed by atoms with Gasteiger partial charge in [-0.2, -0.15) is 0 Å². The summed E-state index contributed by atoms with van der Waals surface area (Å²) in [6, 6.07) is 14.0. The topological polar surface area (TPSA) is 141 Å².